The van der Waals surface area contributed by atoms with E-state index < -0.39 is 11.7 Å². The fourth-order valence-corrected chi connectivity index (χ4v) is 1.46. The Balaban J connectivity index is 2.46. The first-order valence-corrected chi connectivity index (χ1v) is 5.01. The molecule has 0 saturated carbocycles. The Labute approximate surface area is 96.7 Å². The Bertz CT molecular complexity index is 529. The maximum absolute atomic E-state index is 13.0. The van der Waals surface area contributed by atoms with Crippen molar-refractivity contribution in [3.05, 3.63) is 48.5 Å². The van der Waals surface area contributed by atoms with Crippen molar-refractivity contribution in [2.75, 3.05) is 0 Å². The van der Waals surface area contributed by atoms with Crippen LogP contribution in [0.4, 0.5) is 8.78 Å². The molecule has 2 aromatic rings. The number of rotatable bonds is 3. The normalized spacial score (nSPS) is 11.5. The van der Waals surface area contributed by atoms with Crippen molar-refractivity contribution in [2.45, 2.75) is 12.8 Å². The number of hydrogen-bond acceptors (Lipinski definition) is 2. The molecule has 1 heterocycles. The van der Waals surface area contributed by atoms with Crippen LogP contribution in [0.3, 0.4) is 0 Å². The zero-order chi connectivity index (χ0) is 12.5. The average Bonchev–Trinajstić information content (AvgIpc) is 2.76. The molecule has 1 aromatic carbocycles. The molecule has 0 saturated heterocycles. The summed E-state index contributed by atoms with van der Waals surface area (Å²) < 4.78 is 27.3. The second kappa shape index (κ2) is 4.08. The number of aromatic nitrogens is 2. The number of alkyl halides is 2. The second-order valence-corrected chi connectivity index (χ2v) is 3.67. The van der Waals surface area contributed by atoms with Gasteiger partial charge in [-0.3, -0.25) is 9.36 Å². The van der Waals surface area contributed by atoms with Gasteiger partial charge in [0.05, 0.1) is 0 Å². The molecule has 5 heteroatoms. The highest BCUT2D eigenvalue weighted by Gasteiger charge is 2.36. The van der Waals surface area contributed by atoms with E-state index in [0.29, 0.717) is 12.6 Å². The SMILES string of the molecule is CC(F)(F)C(=O)c1nccn1-c1ccccc1. The van der Waals surface area contributed by atoms with Crippen LogP contribution >= 0.6 is 0 Å². The number of nitrogens with zero attached hydrogens (tertiary/aromatic N) is 2. The minimum atomic E-state index is -3.42. The molecule has 1 aromatic heterocycles. The van der Waals surface area contributed by atoms with Gasteiger partial charge in [-0.1, -0.05) is 18.2 Å². The molecule has 17 heavy (non-hydrogen) atoms. The van der Waals surface area contributed by atoms with Crippen LogP contribution in [0.1, 0.15) is 17.5 Å². The highest BCUT2D eigenvalue weighted by molar-refractivity contribution is 5.98. The summed E-state index contributed by atoms with van der Waals surface area (Å²) in [5.74, 6) is -4.97. The maximum Gasteiger partial charge on any atom is 0.310 e. The summed E-state index contributed by atoms with van der Waals surface area (Å²) in [5.41, 5.74) is 0.623. The molecule has 2 rings (SSSR count). The van der Waals surface area contributed by atoms with Gasteiger partial charge >= 0.3 is 5.92 Å². The van der Waals surface area contributed by atoms with Crippen molar-refractivity contribution in [1.29, 1.82) is 0 Å². The molecule has 0 spiro atoms. The minimum absolute atomic E-state index is 0.260. The van der Waals surface area contributed by atoms with E-state index in [9.17, 15) is 13.6 Å². The first-order valence-electron chi connectivity index (χ1n) is 5.01. The zero-order valence-corrected chi connectivity index (χ0v) is 9.10. The summed E-state index contributed by atoms with van der Waals surface area (Å²) in [4.78, 5) is 15.2. The van der Waals surface area contributed by atoms with Gasteiger partial charge in [-0.05, 0) is 12.1 Å². The Kier molecular flexibility index (Phi) is 2.75. The summed E-state index contributed by atoms with van der Waals surface area (Å²) in [5, 5.41) is 0. The molecule has 0 unspecified atom stereocenters. The quantitative estimate of drug-likeness (QED) is 0.768. The lowest BCUT2D eigenvalue weighted by Gasteiger charge is -2.10. The van der Waals surface area contributed by atoms with E-state index in [1.165, 1.54) is 17.0 Å². The van der Waals surface area contributed by atoms with Crippen LogP contribution in [-0.4, -0.2) is 21.3 Å². The molecule has 0 N–H and O–H groups in total. The fraction of sp³-hybridized carbons (Fsp3) is 0.167. The average molecular weight is 236 g/mol. The molecule has 0 atom stereocenters. The molecule has 0 aliphatic rings. The van der Waals surface area contributed by atoms with Crippen LogP contribution in [0.25, 0.3) is 5.69 Å². The number of Topliss-reactive ketones (excluding diaryl/α,β-unsaturated/α-hetero) is 1. The topological polar surface area (TPSA) is 34.9 Å². The van der Waals surface area contributed by atoms with Crippen molar-refractivity contribution >= 4 is 5.78 Å². The highest BCUT2D eigenvalue weighted by atomic mass is 19.3. The third kappa shape index (κ3) is 2.22. The van der Waals surface area contributed by atoms with E-state index in [1.807, 2.05) is 0 Å². The summed E-state index contributed by atoms with van der Waals surface area (Å²) in [6.07, 6.45) is 2.81. The molecule has 0 amide bonds. The zero-order valence-electron chi connectivity index (χ0n) is 9.10. The molecular weight excluding hydrogens is 226 g/mol. The van der Waals surface area contributed by atoms with Gasteiger partial charge in [-0.25, -0.2) is 4.98 Å². The van der Waals surface area contributed by atoms with Crippen LogP contribution < -0.4 is 0 Å². The number of imidazole rings is 1. The van der Waals surface area contributed by atoms with Crippen molar-refractivity contribution < 1.29 is 13.6 Å². The fourth-order valence-electron chi connectivity index (χ4n) is 1.46. The lowest BCUT2D eigenvalue weighted by atomic mass is 10.2. The van der Waals surface area contributed by atoms with E-state index >= 15 is 0 Å². The number of carbonyl (C=O) groups excluding carboxylic acids is 1. The van der Waals surface area contributed by atoms with Gasteiger partial charge in [0.15, 0.2) is 5.82 Å². The van der Waals surface area contributed by atoms with Gasteiger partial charge in [0.2, 0.25) is 0 Å². The largest absolute Gasteiger partial charge is 0.310 e. The predicted molar refractivity (Wildman–Crippen MR) is 58.5 cm³/mol. The summed E-state index contributed by atoms with van der Waals surface area (Å²) in [6, 6.07) is 8.75. The molecule has 0 aliphatic carbocycles. The number of carbonyl (C=O) groups is 1. The first kappa shape index (κ1) is 11.4. The van der Waals surface area contributed by atoms with Gasteiger partial charge in [-0.15, -0.1) is 0 Å². The lowest BCUT2D eigenvalue weighted by Crippen LogP contribution is -2.27. The number of hydrogen-bond donors (Lipinski definition) is 0. The predicted octanol–water partition coefficient (Wildman–Crippen LogP) is 2.71. The van der Waals surface area contributed by atoms with Gasteiger partial charge in [0.25, 0.3) is 5.78 Å². The molecule has 0 aliphatic heterocycles. The summed E-state index contributed by atoms with van der Waals surface area (Å²) in [6.45, 7) is 0.569. The van der Waals surface area contributed by atoms with E-state index in [-0.39, 0.29) is 5.82 Å². The van der Waals surface area contributed by atoms with Crippen molar-refractivity contribution in [3.63, 3.8) is 0 Å². The molecule has 0 radical (unpaired) electrons. The third-order valence-electron chi connectivity index (χ3n) is 2.28. The number of ketones is 1. The van der Waals surface area contributed by atoms with E-state index in [1.54, 1.807) is 30.3 Å². The van der Waals surface area contributed by atoms with E-state index in [2.05, 4.69) is 4.98 Å². The lowest BCUT2D eigenvalue weighted by molar-refractivity contribution is 0.0209. The molecular formula is C12H10F2N2O. The van der Waals surface area contributed by atoms with Gasteiger partial charge < -0.3 is 0 Å². The molecule has 88 valence electrons. The number of halogens is 2. The smallest absolute Gasteiger partial charge is 0.297 e. The van der Waals surface area contributed by atoms with Crippen LogP contribution in [-0.2, 0) is 0 Å². The van der Waals surface area contributed by atoms with Crippen molar-refractivity contribution in [1.82, 2.24) is 9.55 Å². The Morgan fingerprint density at radius 2 is 1.94 bits per heavy atom. The van der Waals surface area contributed by atoms with Crippen LogP contribution in [0.15, 0.2) is 42.7 Å². The standard InChI is InChI=1S/C12H10F2N2O/c1-12(13,14)10(17)11-15-7-8-16(11)9-5-3-2-4-6-9/h2-8H,1H3. The van der Waals surface area contributed by atoms with Crippen molar-refractivity contribution in [2.24, 2.45) is 0 Å². The van der Waals surface area contributed by atoms with Gasteiger partial charge in [0.1, 0.15) is 0 Å². The van der Waals surface area contributed by atoms with Crippen LogP contribution in [0.2, 0.25) is 0 Å². The van der Waals surface area contributed by atoms with E-state index in [0.717, 1.165) is 0 Å². The monoisotopic (exact) mass is 236 g/mol. The van der Waals surface area contributed by atoms with Crippen molar-refractivity contribution in [3.8, 4) is 5.69 Å². The second-order valence-electron chi connectivity index (χ2n) is 3.67. The van der Waals surface area contributed by atoms with E-state index in [4.69, 9.17) is 0 Å². The number of benzene rings is 1. The Hall–Kier alpha value is -2.04. The molecule has 0 fully saturated rings. The highest BCUT2D eigenvalue weighted by Crippen LogP contribution is 2.20. The Morgan fingerprint density at radius 1 is 1.29 bits per heavy atom. The van der Waals surface area contributed by atoms with Gasteiger partial charge in [-0.2, -0.15) is 8.78 Å². The molecule has 0 bridgehead atoms. The number of para-hydroxylation sites is 1. The maximum atomic E-state index is 13.0. The minimum Gasteiger partial charge on any atom is -0.297 e. The summed E-state index contributed by atoms with van der Waals surface area (Å²) >= 11 is 0. The van der Waals surface area contributed by atoms with Crippen LogP contribution in [0, 0.1) is 0 Å². The molecule has 3 nitrogen and oxygen atoms in total. The van der Waals surface area contributed by atoms with Crippen LogP contribution in [0.5, 0.6) is 0 Å². The third-order valence-corrected chi connectivity index (χ3v) is 2.28. The van der Waals surface area contributed by atoms with Gasteiger partial charge in [0, 0.05) is 25.0 Å². The summed E-state index contributed by atoms with van der Waals surface area (Å²) in [7, 11) is 0. The first-order chi connectivity index (χ1) is 8.00. The Morgan fingerprint density at radius 3 is 2.53 bits per heavy atom.